The molecule has 0 radical (unpaired) electrons. The molecule has 0 saturated carbocycles. The Balaban J connectivity index is 1.48. The van der Waals surface area contributed by atoms with E-state index in [4.69, 9.17) is 12.2 Å². The largest absolute Gasteiger partial charge is 0.352 e. The van der Waals surface area contributed by atoms with E-state index in [1.165, 1.54) is 24.3 Å². The molecule has 1 aliphatic rings. The molecule has 2 atom stereocenters. The van der Waals surface area contributed by atoms with Crippen molar-refractivity contribution in [1.82, 2.24) is 19.8 Å². The zero-order chi connectivity index (χ0) is 26.8. The van der Waals surface area contributed by atoms with E-state index < -0.39 is 5.82 Å². The third kappa shape index (κ3) is 5.02. The monoisotopic (exact) mass is 531 g/mol. The van der Waals surface area contributed by atoms with Gasteiger partial charge in [0.15, 0.2) is 5.11 Å². The lowest BCUT2D eigenvalue weighted by Crippen LogP contribution is -2.33. The van der Waals surface area contributed by atoms with E-state index in [9.17, 15) is 13.6 Å². The average Bonchev–Trinajstić information content (AvgIpc) is 3.39. The van der Waals surface area contributed by atoms with Crippen molar-refractivity contribution in [2.45, 2.75) is 32.4 Å². The molecule has 4 aromatic rings. The molecule has 2 N–H and O–H groups in total. The Kier molecular flexibility index (Phi) is 7.20. The molecule has 3 heterocycles. The predicted octanol–water partition coefficient (Wildman–Crippen LogP) is 5.77. The van der Waals surface area contributed by atoms with Gasteiger partial charge in [0.1, 0.15) is 11.6 Å². The van der Waals surface area contributed by atoms with Gasteiger partial charge in [-0.2, -0.15) is 0 Å². The summed E-state index contributed by atoms with van der Waals surface area (Å²) in [7, 11) is 0. The maximum Gasteiger partial charge on any atom is 0.226 e. The van der Waals surface area contributed by atoms with E-state index in [0.29, 0.717) is 11.7 Å². The van der Waals surface area contributed by atoms with Gasteiger partial charge in [0, 0.05) is 36.2 Å². The van der Waals surface area contributed by atoms with E-state index in [1.54, 1.807) is 24.4 Å². The number of para-hydroxylation sites is 1. The molecule has 0 spiro atoms. The zero-order valence-corrected chi connectivity index (χ0v) is 21.8. The first-order valence-corrected chi connectivity index (χ1v) is 12.7. The van der Waals surface area contributed by atoms with Crippen molar-refractivity contribution in [2.75, 3.05) is 11.9 Å². The molecule has 1 saturated heterocycles. The van der Waals surface area contributed by atoms with Crippen LogP contribution in [0.4, 0.5) is 14.5 Å². The molecule has 1 amide bonds. The Labute approximate surface area is 225 Å². The number of carbonyl (C=O) groups excluding carboxylic acids is 1. The highest BCUT2D eigenvalue weighted by Crippen LogP contribution is 2.41. The van der Waals surface area contributed by atoms with Gasteiger partial charge in [0.25, 0.3) is 0 Å². The molecule has 0 bridgehead atoms. The fourth-order valence-electron chi connectivity index (χ4n) is 5.08. The Morgan fingerprint density at radius 1 is 1.05 bits per heavy atom. The highest BCUT2D eigenvalue weighted by atomic mass is 32.1. The first-order valence-electron chi connectivity index (χ1n) is 12.3. The first kappa shape index (κ1) is 25.5. The van der Waals surface area contributed by atoms with Gasteiger partial charge in [0.05, 0.1) is 23.5 Å². The number of nitrogens with zero attached hydrogens (tertiary/aromatic N) is 3. The number of aryl methyl sites for hydroxylation is 1. The number of pyridine rings is 1. The summed E-state index contributed by atoms with van der Waals surface area (Å²) in [5, 5.41) is 6.53. The quantitative estimate of drug-likeness (QED) is 0.297. The molecule has 2 aromatic carbocycles. The lowest BCUT2D eigenvalue weighted by molar-refractivity contribution is -0.116. The summed E-state index contributed by atoms with van der Waals surface area (Å²) in [5.41, 5.74) is 4.55. The summed E-state index contributed by atoms with van der Waals surface area (Å²) in [6, 6.07) is 19.8. The van der Waals surface area contributed by atoms with Gasteiger partial charge in [-0.3, -0.25) is 9.78 Å². The first-order chi connectivity index (χ1) is 18.3. The van der Waals surface area contributed by atoms with Crippen LogP contribution in [0.25, 0.3) is 5.69 Å². The third-order valence-electron chi connectivity index (χ3n) is 6.78. The molecule has 0 aliphatic carbocycles. The van der Waals surface area contributed by atoms with Gasteiger partial charge < -0.3 is 20.1 Å². The predicted molar refractivity (Wildman–Crippen MR) is 147 cm³/mol. The third-order valence-corrected chi connectivity index (χ3v) is 7.13. The molecule has 5 rings (SSSR count). The second-order valence-corrected chi connectivity index (χ2v) is 9.63. The van der Waals surface area contributed by atoms with Crippen LogP contribution in [0.15, 0.2) is 79.0 Å². The Hall–Kier alpha value is -4.11. The molecular formula is C29H27F2N5OS. The van der Waals surface area contributed by atoms with Crippen LogP contribution < -0.4 is 10.6 Å². The van der Waals surface area contributed by atoms with Crippen LogP contribution in [-0.2, 0) is 4.79 Å². The molecule has 9 heteroatoms. The van der Waals surface area contributed by atoms with E-state index in [2.05, 4.69) is 21.7 Å². The summed E-state index contributed by atoms with van der Waals surface area (Å²) >= 11 is 5.73. The number of hydrogen-bond acceptors (Lipinski definition) is 3. The van der Waals surface area contributed by atoms with Gasteiger partial charge in [0.2, 0.25) is 5.91 Å². The topological polar surface area (TPSA) is 62.2 Å². The minimum absolute atomic E-state index is 0.101. The minimum atomic E-state index is -0.489. The fourth-order valence-corrected chi connectivity index (χ4v) is 5.41. The summed E-state index contributed by atoms with van der Waals surface area (Å²) < 4.78 is 30.1. The maximum absolute atomic E-state index is 14.1. The number of anilines is 1. The lowest BCUT2D eigenvalue weighted by atomic mass is 9.96. The minimum Gasteiger partial charge on any atom is -0.352 e. The SMILES string of the molecule is Cc1cc([C@@H]2[C@@H](c3ccccn3)NC(=S)N2CCC(=O)Nc2ccccc2F)c(C)n1-c1cccc(F)c1. The van der Waals surface area contributed by atoms with E-state index in [1.807, 2.05) is 47.6 Å². The fraction of sp³-hybridized carbons (Fsp3) is 0.207. The van der Waals surface area contributed by atoms with E-state index in [-0.39, 0.29) is 35.9 Å². The smallest absolute Gasteiger partial charge is 0.226 e. The van der Waals surface area contributed by atoms with E-state index in [0.717, 1.165) is 28.3 Å². The van der Waals surface area contributed by atoms with Gasteiger partial charge in [-0.25, -0.2) is 8.78 Å². The molecule has 1 fully saturated rings. The number of thiocarbonyl (C=S) groups is 1. The molecule has 194 valence electrons. The second-order valence-electron chi connectivity index (χ2n) is 9.24. The second kappa shape index (κ2) is 10.7. The Morgan fingerprint density at radius 2 is 1.84 bits per heavy atom. The Bertz CT molecular complexity index is 1490. The van der Waals surface area contributed by atoms with Crippen LogP contribution in [0, 0.1) is 25.5 Å². The number of halogens is 2. The maximum atomic E-state index is 14.1. The van der Waals surface area contributed by atoms with Crippen molar-refractivity contribution in [3.05, 3.63) is 113 Å². The van der Waals surface area contributed by atoms with Crippen LogP contribution in [0.5, 0.6) is 0 Å². The van der Waals surface area contributed by atoms with E-state index >= 15 is 0 Å². The zero-order valence-electron chi connectivity index (χ0n) is 21.0. The molecule has 0 unspecified atom stereocenters. The average molecular weight is 532 g/mol. The number of amides is 1. The lowest BCUT2D eigenvalue weighted by Gasteiger charge is -2.28. The summed E-state index contributed by atoms with van der Waals surface area (Å²) in [6.07, 6.45) is 1.84. The summed E-state index contributed by atoms with van der Waals surface area (Å²) in [4.78, 5) is 19.3. The van der Waals surface area contributed by atoms with Crippen molar-refractivity contribution >= 4 is 28.9 Å². The number of carbonyl (C=O) groups is 1. The summed E-state index contributed by atoms with van der Waals surface area (Å²) in [6.45, 7) is 4.28. The van der Waals surface area contributed by atoms with Crippen LogP contribution in [0.3, 0.4) is 0 Å². The van der Waals surface area contributed by atoms with Gasteiger partial charge in [-0.1, -0.05) is 24.3 Å². The van der Waals surface area contributed by atoms with Gasteiger partial charge >= 0.3 is 0 Å². The molecule has 1 aliphatic heterocycles. The standard InChI is InChI=1S/C29H27F2N5OS/c1-18-16-22(19(2)36(18)21-9-7-8-20(30)17-21)28-27(25-12-5-6-14-32-25)34-29(38)35(28)15-13-26(37)33-24-11-4-3-10-23(24)31/h3-12,14,16-17,27-28H,13,15H2,1-2H3,(H,33,37)(H,34,38)/t27-,28-/m1/s1. The molecule has 6 nitrogen and oxygen atoms in total. The van der Waals surface area contributed by atoms with Gasteiger partial charge in [-0.15, -0.1) is 0 Å². The highest BCUT2D eigenvalue weighted by Gasteiger charge is 2.41. The molecule has 38 heavy (non-hydrogen) atoms. The number of benzene rings is 2. The van der Waals surface area contributed by atoms with Crippen molar-refractivity contribution in [1.29, 1.82) is 0 Å². The molecule has 2 aromatic heterocycles. The van der Waals surface area contributed by atoms with Crippen molar-refractivity contribution < 1.29 is 13.6 Å². The number of nitrogens with one attached hydrogen (secondary N) is 2. The summed E-state index contributed by atoms with van der Waals surface area (Å²) in [5.74, 6) is -1.12. The van der Waals surface area contributed by atoms with Crippen molar-refractivity contribution in [3.63, 3.8) is 0 Å². The van der Waals surface area contributed by atoms with Crippen molar-refractivity contribution in [3.8, 4) is 5.69 Å². The van der Waals surface area contributed by atoms with Gasteiger partial charge in [-0.05, 0) is 80.2 Å². The normalized spacial score (nSPS) is 16.9. The number of hydrogen-bond donors (Lipinski definition) is 2. The van der Waals surface area contributed by atoms with Crippen LogP contribution in [0.1, 0.15) is 41.1 Å². The van der Waals surface area contributed by atoms with Crippen LogP contribution >= 0.6 is 12.2 Å². The van der Waals surface area contributed by atoms with Crippen LogP contribution in [-0.4, -0.2) is 32.0 Å². The number of rotatable bonds is 7. The number of aromatic nitrogens is 2. The highest BCUT2D eigenvalue weighted by molar-refractivity contribution is 7.80. The van der Waals surface area contributed by atoms with Crippen molar-refractivity contribution in [2.24, 2.45) is 0 Å². The van der Waals surface area contributed by atoms with Crippen LogP contribution in [0.2, 0.25) is 0 Å². The Morgan fingerprint density at radius 3 is 2.58 bits per heavy atom. The molecular weight excluding hydrogens is 504 g/mol.